The molecule has 0 spiro atoms. The average Bonchev–Trinajstić information content (AvgIpc) is 2.87. The zero-order valence-corrected chi connectivity index (χ0v) is 10.0. The number of aromatic amines is 1. The minimum atomic E-state index is 0.627. The first-order chi connectivity index (χ1) is 7.83. The smallest absolute Gasteiger partial charge is 0.200 e. The predicted molar refractivity (Wildman–Crippen MR) is 64.2 cm³/mol. The van der Waals surface area contributed by atoms with E-state index in [4.69, 9.17) is 5.73 Å². The van der Waals surface area contributed by atoms with Crippen molar-refractivity contribution in [2.24, 2.45) is 5.73 Å². The molecule has 0 bridgehead atoms. The number of nitrogens with one attached hydrogen (secondary N) is 1. The van der Waals surface area contributed by atoms with E-state index in [1.54, 1.807) is 11.3 Å². The topological polar surface area (TPSA) is 80.5 Å². The molecule has 86 valence electrons. The van der Waals surface area contributed by atoms with Crippen molar-refractivity contribution in [1.29, 1.82) is 0 Å². The van der Waals surface area contributed by atoms with Crippen LogP contribution in [-0.2, 0) is 12.8 Å². The van der Waals surface area contributed by atoms with Crippen LogP contribution in [0.5, 0.6) is 0 Å². The molecule has 2 aromatic heterocycles. The monoisotopic (exact) mass is 237 g/mol. The van der Waals surface area contributed by atoms with Crippen molar-refractivity contribution >= 4 is 11.3 Å². The molecule has 0 aromatic carbocycles. The quantitative estimate of drug-likeness (QED) is 0.823. The average molecular weight is 237 g/mol. The van der Waals surface area contributed by atoms with Gasteiger partial charge in [0.15, 0.2) is 0 Å². The molecule has 0 aliphatic heterocycles. The van der Waals surface area contributed by atoms with Gasteiger partial charge in [0, 0.05) is 18.2 Å². The van der Waals surface area contributed by atoms with Gasteiger partial charge >= 0.3 is 0 Å². The van der Waals surface area contributed by atoms with Crippen LogP contribution in [0.25, 0.3) is 11.5 Å². The van der Waals surface area contributed by atoms with Gasteiger partial charge in [-0.15, -0.1) is 11.3 Å². The number of nitrogens with zero attached hydrogens (tertiary/aromatic N) is 3. The summed E-state index contributed by atoms with van der Waals surface area (Å²) in [5, 5.41) is 10.1. The fourth-order valence-corrected chi connectivity index (χ4v) is 2.20. The van der Waals surface area contributed by atoms with Crippen LogP contribution in [0.1, 0.15) is 24.2 Å². The van der Waals surface area contributed by atoms with Crippen molar-refractivity contribution < 1.29 is 0 Å². The lowest BCUT2D eigenvalue weighted by atomic mass is 10.3. The lowest BCUT2D eigenvalue weighted by Crippen LogP contribution is -2.02. The molecular weight excluding hydrogens is 222 g/mol. The largest absolute Gasteiger partial charge is 0.330 e. The Morgan fingerprint density at radius 1 is 1.38 bits per heavy atom. The lowest BCUT2D eigenvalue weighted by molar-refractivity contribution is 0.841. The summed E-state index contributed by atoms with van der Waals surface area (Å²) in [6.45, 7) is 2.74. The molecule has 0 fully saturated rings. The summed E-state index contributed by atoms with van der Waals surface area (Å²) in [5.41, 5.74) is 6.32. The number of aromatic nitrogens is 4. The number of hydrogen-bond acceptors (Lipinski definition) is 5. The summed E-state index contributed by atoms with van der Waals surface area (Å²) in [5.74, 6) is 1.61. The van der Waals surface area contributed by atoms with Gasteiger partial charge in [-0.05, 0) is 13.0 Å². The van der Waals surface area contributed by atoms with Gasteiger partial charge in [-0.3, -0.25) is 5.10 Å². The van der Waals surface area contributed by atoms with Gasteiger partial charge in [-0.25, -0.2) is 9.97 Å². The minimum absolute atomic E-state index is 0.627. The van der Waals surface area contributed by atoms with Crippen LogP contribution in [0.15, 0.2) is 5.38 Å². The molecule has 0 unspecified atom stereocenters. The van der Waals surface area contributed by atoms with Gasteiger partial charge in [0.1, 0.15) is 11.5 Å². The van der Waals surface area contributed by atoms with Crippen LogP contribution in [0.4, 0.5) is 0 Å². The SMILES string of the molecule is CCCc1nc(-c2csc(CCN)n2)n[nH]1. The maximum Gasteiger partial charge on any atom is 0.200 e. The summed E-state index contributed by atoms with van der Waals surface area (Å²) in [4.78, 5) is 8.83. The highest BCUT2D eigenvalue weighted by Gasteiger charge is 2.09. The van der Waals surface area contributed by atoms with Gasteiger partial charge in [-0.2, -0.15) is 5.10 Å². The fraction of sp³-hybridized carbons (Fsp3) is 0.500. The standard InChI is InChI=1S/C10H15N5S/c1-2-3-8-13-10(15-14-8)7-6-16-9(12-7)4-5-11/h6H,2-5,11H2,1H3,(H,13,14,15). The van der Waals surface area contributed by atoms with Crippen molar-refractivity contribution in [2.45, 2.75) is 26.2 Å². The number of H-pyrrole nitrogens is 1. The Morgan fingerprint density at radius 2 is 2.25 bits per heavy atom. The molecule has 0 aliphatic rings. The van der Waals surface area contributed by atoms with Crippen LogP contribution >= 0.6 is 11.3 Å². The van der Waals surface area contributed by atoms with E-state index >= 15 is 0 Å². The van der Waals surface area contributed by atoms with E-state index in [1.807, 2.05) is 5.38 Å². The molecule has 5 nitrogen and oxygen atoms in total. The van der Waals surface area contributed by atoms with Crippen molar-refractivity contribution in [3.63, 3.8) is 0 Å². The van der Waals surface area contributed by atoms with Crippen molar-refractivity contribution in [3.05, 3.63) is 16.2 Å². The summed E-state index contributed by atoms with van der Waals surface area (Å²) >= 11 is 1.61. The van der Waals surface area contributed by atoms with Gasteiger partial charge in [0.2, 0.25) is 5.82 Å². The van der Waals surface area contributed by atoms with Crippen molar-refractivity contribution in [2.75, 3.05) is 6.54 Å². The number of rotatable bonds is 5. The third-order valence-electron chi connectivity index (χ3n) is 2.16. The molecule has 2 aromatic rings. The van der Waals surface area contributed by atoms with Gasteiger partial charge in [-0.1, -0.05) is 6.92 Å². The molecule has 0 atom stereocenters. The highest BCUT2D eigenvalue weighted by molar-refractivity contribution is 7.09. The van der Waals surface area contributed by atoms with E-state index in [0.29, 0.717) is 12.4 Å². The third kappa shape index (κ3) is 2.45. The zero-order chi connectivity index (χ0) is 11.4. The van der Waals surface area contributed by atoms with Crippen LogP contribution < -0.4 is 5.73 Å². The zero-order valence-electron chi connectivity index (χ0n) is 9.23. The van der Waals surface area contributed by atoms with Crippen molar-refractivity contribution in [3.8, 4) is 11.5 Å². The first kappa shape index (κ1) is 11.2. The molecule has 0 amide bonds. The molecular formula is C10H15N5S. The second-order valence-electron chi connectivity index (χ2n) is 3.52. The highest BCUT2D eigenvalue weighted by Crippen LogP contribution is 2.18. The van der Waals surface area contributed by atoms with Gasteiger partial charge in [0.05, 0.1) is 5.01 Å². The Balaban J connectivity index is 2.14. The molecule has 6 heteroatoms. The molecule has 0 saturated carbocycles. The summed E-state index contributed by atoms with van der Waals surface area (Å²) in [6, 6.07) is 0. The Kier molecular flexibility index (Phi) is 3.63. The number of hydrogen-bond donors (Lipinski definition) is 2. The maximum absolute atomic E-state index is 5.48. The van der Waals surface area contributed by atoms with Crippen molar-refractivity contribution in [1.82, 2.24) is 20.2 Å². The Morgan fingerprint density at radius 3 is 3.00 bits per heavy atom. The predicted octanol–water partition coefficient (Wildman–Crippen LogP) is 1.38. The van der Waals surface area contributed by atoms with E-state index in [-0.39, 0.29) is 0 Å². The Labute approximate surface area is 98.1 Å². The molecule has 2 rings (SSSR count). The van der Waals surface area contributed by atoms with Crippen LogP contribution in [-0.4, -0.2) is 26.7 Å². The summed E-state index contributed by atoms with van der Waals surface area (Å²) < 4.78 is 0. The second kappa shape index (κ2) is 5.18. The minimum Gasteiger partial charge on any atom is -0.330 e. The fourth-order valence-electron chi connectivity index (χ4n) is 1.41. The molecule has 16 heavy (non-hydrogen) atoms. The van der Waals surface area contributed by atoms with E-state index in [1.165, 1.54) is 0 Å². The molecule has 0 saturated heterocycles. The number of thiazole rings is 1. The first-order valence-electron chi connectivity index (χ1n) is 5.39. The van der Waals surface area contributed by atoms with E-state index < -0.39 is 0 Å². The normalized spacial score (nSPS) is 10.9. The van der Waals surface area contributed by atoms with Crippen LogP contribution in [0.2, 0.25) is 0 Å². The first-order valence-corrected chi connectivity index (χ1v) is 6.27. The van der Waals surface area contributed by atoms with Crippen LogP contribution in [0, 0.1) is 0 Å². The molecule has 0 radical (unpaired) electrons. The second-order valence-corrected chi connectivity index (χ2v) is 4.46. The van der Waals surface area contributed by atoms with E-state index in [0.717, 1.165) is 35.8 Å². The Bertz CT molecular complexity index is 405. The molecule has 3 N–H and O–H groups in total. The lowest BCUT2D eigenvalue weighted by Gasteiger charge is -1.88. The van der Waals surface area contributed by atoms with Gasteiger partial charge in [0.25, 0.3) is 0 Å². The van der Waals surface area contributed by atoms with Crippen LogP contribution in [0.3, 0.4) is 0 Å². The number of nitrogens with two attached hydrogens (primary N) is 1. The Hall–Kier alpha value is -1.27. The van der Waals surface area contributed by atoms with E-state index in [9.17, 15) is 0 Å². The highest BCUT2D eigenvalue weighted by atomic mass is 32.1. The van der Waals surface area contributed by atoms with E-state index in [2.05, 4.69) is 27.1 Å². The molecule has 0 aliphatic carbocycles. The molecule has 2 heterocycles. The number of aryl methyl sites for hydroxylation is 1. The summed E-state index contributed by atoms with van der Waals surface area (Å²) in [7, 11) is 0. The maximum atomic E-state index is 5.48. The van der Waals surface area contributed by atoms with Gasteiger partial charge < -0.3 is 5.73 Å². The third-order valence-corrected chi connectivity index (χ3v) is 3.07. The summed E-state index contributed by atoms with van der Waals surface area (Å²) in [6.07, 6.45) is 2.80.